The highest BCUT2D eigenvalue weighted by molar-refractivity contribution is 5.91. The van der Waals surface area contributed by atoms with Gasteiger partial charge in [-0.2, -0.15) is 0 Å². The van der Waals surface area contributed by atoms with E-state index in [1.54, 1.807) is 0 Å². The summed E-state index contributed by atoms with van der Waals surface area (Å²) in [7, 11) is 2.17. The molecule has 0 aliphatic carbocycles. The van der Waals surface area contributed by atoms with E-state index >= 15 is 0 Å². The lowest BCUT2D eigenvalue weighted by Gasteiger charge is -2.32. The Morgan fingerprint density at radius 1 is 1.30 bits per heavy atom. The van der Waals surface area contributed by atoms with Gasteiger partial charge < -0.3 is 20.1 Å². The summed E-state index contributed by atoms with van der Waals surface area (Å²) in [6.45, 7) is 5.85. The molecule has 20 heavy (non-hydrogen) atoms. The van der Waals surface area contributed by atoms with Crippen LogP contribution >= 0.6 is 0 Å². The van der Waals surface area contributed by atoms with Crippen LogP contribution in [0.5, 0.6) is 0 Å². The van der Waals surface area contributed by atoms with Gasteiger partial charge in [-0.25, -0.2) is 0 Å². The molecule has 2 rings (SSSR count). The molecule has 0 bridgehead atoms. The summed E-state index contributed by atoms with van der Waals surface area (Å²) in [5, 5.41) is 3.63. The molecule has 112 valence electrons. The van der Waals surface area contributed by atoms with Crippen molar-refractivity contribution in [2.24, 2.45) is 5.73 Å². The summed E-state index contributed by atoms with van der Waals surface area (Å²) in [4.78, 5) is 16.0. The maximum Gasteiger partial charge on any atom is 0.271 e. The number of rotatable bonds is 7. The van der Waals surface area contributed by atoms with E-state index in [1.807, 2.05) is 0 Å². The van der Waals surface area contributed by atoms with Crippen molar-refractivity contribution in [1.82, 2.24) is 15.0 Å². The van der Waals surface area contributed by atoms with Crippen molar-refractivity contribution in [2.45, 2.75) is 25.7 Å². The third kappa shape index (κ3) is 4.31. The van der Waals surface area contributed by atoms with Gasteiger partial charge in [-0.05, 0) is 32.9 Å². The minimum Gasteiger partial charge on any atom is -0.364 e. The predicted octanol–water partition coefficient (Wildman–Crippen LogP) is 0.734. The minimum absolute atomic E-state index is 0.282. The molecule has 0 spiro atoms. The Hall–Kier alpha value is -1.40. The number of unbranched alkanes of at least 4 members (excludes halogenated alkanes) is 2. The summed E-state index contributed by atoms with van der Waals surface area (Å²) in [6, 6.07) is 0. The van der Waals surface area contributed by atoms with E-state index in [-0.39, 0.29) is 5.69 Å². The van der Waals surface area contributed by atoms with Crippen LogP contribution in [-0.4, -0.2) is 60.6 Å². The highest BCUT2D eigenvalue weighted by Gasteiger charge is 2.14. The fourth-order valence-corrected chi connectivity index (χ4v) is 2.54. The number of primary amides is 1. The van der Waals surface area contributed by atoms with Crippen molar-refractivity contribution in [3.8, 4) is 0 Å². The zero-order valence-electron chi connectivity index (χ0n) is 12.2. The monoisotopic (exact) mass is 280 g/mol. The third-order valence-corrected chi connectivity index (χ3v) is 3.89. The van der Waals surface area contributed by atoms with Gasteiger partial charge in [0.05, 0.1) is 0 Å². The van der Waals surface area contributed by atoms with E-state index in [1.165, 1.54) is 45.4 Å². The van der Waals surface area contributed by atoms with Gasteiger partial charge in [-0.15, -0.1) is 0 Å². The van der Waals surface area contributed by atoms with Crippen LogP contribution in [0.3, 0.4) is 0 Å². The molecule has 1 aromatic rings. The number of nitrogens with two attached hydrogens (primary N) is 1. The number of likely N-dealkylation sites (N-methyl/N-ethyl adjacent to an activating group) is 1. The Bertz CT molecular complexity index is 425. The van der Waals surface area contributed by atoms with Gasteiger partial charge in [0.25, 0.3) is 5.91 Å². The van der Waals surface area contributed by atoms with Gasteiger partial charge in [0.15, 0.2) is 5.69 Å². The van der Waals surface area contributed by atoms with Gasteiger partial charge in [-0.3, -0.25) is 4.79 Å². The first-order valence-electron chi connectivity index (χ1n) is 7.31. The quantitative estimate of drug-likeness (QED) is 0.745. The molecule has 1 amide bonds. The SMILES string of the molecule is CN1CCN(CCCCCc2conc2C(N)=O)CC1. The van der Waals surface area contributed by atoms with Crippen molar-refractivity contribution < 1.29 is 9.32 Å². The van der Waals surface area contributed by atoms with Gasteiger partial charge in [0.2, 0.25) is 0 Å². The van der Waals surface area contributed by atoms with Gasteiger partial charge in [0, 0.05) is 31.7 Å². The molecule has 2 heterocycles. The third-order valence-electron chi connectivity index (χ3n) is 3.89. The number of aryl methyl sites for hydroxylation is 1. The van der Waals surface area contributed by atoms with E-state index in [9.17, 15) is 4.79 Å². The second-order valence-electron chi connectivity index (χ2n) is 5.51. The Balaban J connectivity index is 1.60. The van der Waals surface area contributed by atoms with E-state index in [0.717, 1.165) is 24.8 Å². The topological polar surface area (TPSA) is 75.6 Å². The second-order valence-corrected chi connectivity index (χ2v) is 5.51. The molecule has 0 atom stereocenters. The second kappa shape index (κ2) is 7.40. The van der Waals surface area contributed by atoms with E-state index in [0.29, 0.717) is 0 Å². The zero-order valence-corrected chi connectivity index (χ0v) is 12.2. The number of hydrogen-bond donors (Lipinski definition) is 1. The molecule has 0 radical (unpaired) electrons. The van der Waals surface area contributed by atoms with Crippen LogP contribution in [0.1, 0.15) is 35.3 Å². The maximum atomic E-state index is 11.1. The van der Waals surface area contributed by atoms with Crippen LogP contribution < -0.4 is 5.73 Å². The Morgan fingerprint density at radius 2 is 2.05 bits per heavy atom. The summed E-state index contributed by atoms with van der Waals surface area (Å²) in [5.41, 5.74) is 6.34. The molecule has 6 heteroatoms. The molecule has 6 nitrogen and oxygen atoms in total. The highest BCUT2D eigenvalue weighted by atomic mass is 16.5. The minimum atomic E-state index is -0.508. The van der Waals surface area contributed by atoms with Crippen molar-refractivity contribution >= 4 is 5.91 Å². The van der Waals surface area contributed by atoms with Crippen LogP contribution in [0, 0.1) is 0 Å². The van der Waals surface area contributed by atoms with Crippen molar-refractivity contribution in [1.29, 1.82) is 0 Å². The maximum absolute atomic E-state index is 11.1. The average Bonchev–Trinajstić information content (AvgIpc) is 2.89. The van der Waals surface area contributed by atoms with Crippen LogP contribution in [0.15, 0.2) is 10.8 Å². The summed E-state index contributed by atoms with van der Waals surface area (Å²) < 4.78 is 4.81. The van der Waals surface area contributed by atoms with Crippen molar-refractivity contribution in [2.75, 3.05) is 39.8 Å². The molecule has 1 saturated heterocycles. The lowest BCUT2D eigenvalue weighted by atomic mass is 10.1. The lowest BCUT2D eigenvalue weighted by Crippen LogP contribution is -2.44. The number of amides is 1. The average molecular weight is 280 g/mol. The molecular weight excluding hydrogens is 256 g/mol. The fraction of sp³-hybridized carbons (Fsp3) is 0.714. The highest BCUT2D eigenvalue weighted by Crippen LogP contribution is 2.11. The Labute approximate surface area is 119 Å². The number of carbonyl (C=O) groups excluding carboxylic acids is 1. The zero-order chi connectivity index (χ0) is 14.4. The van der Waals surface area contributed by atoms with E-state index in [2.05, 4.69) is 22.0 Å². The number of hydrogen-bond acceptors (Lipinski definition) is 5. The molecule has 0 saturated carbocycles. The normalized spacial score (nSPS) is 17.4. The number of piperazine rings is 1. The molecule has 2 N–H and O–H groups in total. The van der Waals surface area contributed by atoms with Crippen LogP contribution in [0.25, 0.3) is 0 Å². The summed E-state index contributed by atoms with van der Waals surface area (Å²) in [6.07, 6.45) is 5.72. The molecule has 0 unspecified atom stereocenters. The summed E-state index contributed by atoms with van der Waals surface area (Å²) >= 11 is 0. The number of nitrogens with zero attached hydrogens (tertiary/aromatic N) is 3. The van der Waals surface area contributed by atoms with Crippen LogP contribution in [0.2, 0.25) is 0 Å². The van der Waals surface area contributed by atoms with Crippen molar-refractivity contribution in [3.05, 3.63) is 17.5 Å². The van der Waals surface area contributed by atoms with E-state index in [4.69, 9.17) is 10.3 Å². The van der Waals surface area contributed by atoms with Gasteiger partial charge in [-0.1, -0.05) is 11.6 Å². The first kappa shape index (κ1) is 15.0. The van der Waals surface area contributed by atoms with Crippen molar-refractivity contribution in [3.63, 3.8) is 0 Å². The van der Waals surface area contributed by atoms with Crippen LogP contribution in [0.4, 0.5) is 0 Å². The molecule has 1 aliphatic rings. The Morgan fingerprint density at radius 3 is 2.75 bits per heavy atom. The first-order valence-corrected chi connectivity index (χ1v) is 7.31. The fourth-order valence-electron chi connectivity index (χ4n) is 2.54. The molecule has 1 fully saturated rings. The predicted molar refractivity (Wildman–Crippen MR) is 76.5 cm³/mol. The first-order chi connectivity index (χ1) is 9.66. The molecule has 0 aromatic carbocycles. The largest absolute Gasteiger partial charge is 0.364 e. The standard InChI is InChI=1S/C14H24N4O2/c1-17-7-9-18(10-8-17)6-4-2-3-5-12-11-20-16-13(12)14(15)19/h11H,2-10H2,1H3,(H2,15,19). The molecular formula is C14H24N4O2. The molecule has 1 aliphatic heterocycles. The van der Waals surface area contributed by atoms with Gasteiger partial charge >= 0.3 is 0 Å². The smallest absolute Gasteiger partial charge is 0.271 e. The Kier molecular flexibility index (Phi) is 5.55. The van der Waals surface area contributed by atoms with Crippen LogP contribution in [-0.2, 0) is 6.42 Å². The number of aromatic nitrogens is 1. The van der Waals surface area contributed by atoms with E-state index < -0.39 is 5.91 Å². The summed E-state index contributed by atoms with van der Waals surface area (Å²) in [5.74, 6) is -0.508. The number of carbonyl (C=O) groups is 1. The molecule has 1 aromatic heterocycles. The lowest BCUT2D eigenvalue weighted by molar-refractivity contribution is 0.0991. The van der Waals surface area contributed by atoms with Gasteiger partial charge in [0.1, 0.15) is 6.26 Å².